The van der Waals surface area contributed by atoms with Gasteiger partial charge < -0.3 is 20.2 Å². The molecule has 1 atom stereocenters. The van der Waals surface area contributed by atoms with Crippen LogP contribution < -0.4 is 10.6 Å². The van der Waals surface area contributed by atoms with E-state index in [0.717, 1.165) is 0 Å². The van der Waals surface area contributed by atoms with Gasteiger partial charge in [-0.3, -0.25) is 9.78 Å². The minimum absolute atomic E-state index is 0.0776. The molecule has 5 rings (SSSR count). The maximum atomic E-state index is 14.3. The third-order valence-corrected chi connectivity index (χ3v) is 7.33. The van der Waals surface area contributed by atoms with Gasteiger partial charge in [0.25, 0.3) is 11.8 Å². The van der Waals surface area contributed by atoms with Crippen LogP contribution in [0.1, 0.15) is 79.6 Å². The van der Waals surface area contributed by atoms with Crippen LogP contribution in [0, 0.1) is 11.3 Å². The van der Waals surface area contributed by atoms with Crippen molar-refractivity contribution in [3.8, 4) is 17.5 Å². The van der Waals surface area contributed by atoms with Crippen molar-refractivity contribution in [3.05, 3.63) is 59.6 Å². The number of pyridine rings is 1. The Morgan fingerprint density at radius 1 is 1.19 bits per heavy atom. The molecule has 1 aliphatic carbocycles. The normalized spacial score (nSPS) is 18.1. The first-order chi connectivity index (χ1) is 20.0. The van der Waals surface area contributed by atoms with E-state index in [1.165, 1.54) is 26.2 Å². The average molecular weight is 583 g/mol. The Morgan fingerprint density at radius 3 is 2.62 bits per heavy atom. The number of fused-ring (bicyclic) bond motifs is 1. The molecule has 0 bridgehead atoms. The number of aliphatic hydroxyl groups is 1. The summed E-state index contributed by atoms with van der Waals surface area (Å²) in [6, 6.07) is 8.98. The first kappa shape index (κ1) is 29.0. The van der Waals surface area contributed by atoms with Crippen LogP contribution in [0.5, 0.6) is 0 Å². The Hall–Kier alpha value is -4.51. The second-order valence-electron chi connectivity index (χ2n) is 10.8. The first-order valence-corrected chi connectivity index (χ1v) is 13.4. The van der Waals surface area contributed by atoms with Crippen LogP contribution in [0.4, 0.5) is 18.9 Å². The van der Waals surface area contributed by atoms with Crippen LogP contribution >= 0.6 is 0 Å². The van der Waals surface area contributed by atoms with E-state index in [1.807, 2.05) is 0 Å². The zero-order valence-corrected chi connectivity index (χ0v) is 22.9. The van der Waals surface area contributed by atoms with Gasteiger partial charge in [-0.1, -0.05) is 0 Å². The van der Waals surface area contributed by atoms with Gasteiger partial charge in [0, 0.05) is 18.2 Å². The number of nitriles is 1. The van der Waals surface area contributed by atoms with Gasteiger partial charge in [-0.2, -0.15) is 19.1 Å². The average Bonchev–Trinajstić information content (AvgIpc) is 3.63. The molecular weight excluding hydrogens is 553 g/mol. The van der Waals surface area contributed by atoms with Crippen LogP contribution in [0.15, 0.2) is 41.1 Å². The number of carbonyl (C=O) groups is 1. The number of hydrogen-bond donors (Lipinski definition) is 3. The number of carbonyl (C=O) groups excluding carboxylic acids is 1. The molecule has 4 heterocycles. The Bertz CT molecular complexity index is 1620. The monoisotopic (exact) mass is 582 g/mol. The van der Waals surface area contributed by atoms with Crippen LogP contribution in [-0.2, 0) is 0 Å². The van der Waals surface area contributed by atoms with Crippen LogP contribution in [0.25, 0.3) is 16.9 Å². The molecule has 3 N–H and O–H groups in total. The lowest BCUT2D eigenvalue weighted by Crippen LogP contribution is -2.42. The highest BCUT2D eigenvalue weighted by molar-refractivity contribution is 6.00. The molecule has 0 saturated heterocycles. The van der Waals surface area contributed by atoms with Crippen molar-refractivity contribution >= 4 is 17.1 Å². The highest BCUT2D eigenvalue weighted by Gasteiger charge is 2.30. The van der Waals surface area contributed by atoms with E-state index in [2.05, 4.69) is 37.0 Å². The molecule has 220 valence electrons. The van der Waals surface area contributed by atoms with Crippen molar-refractivity contribution in [1.29, 1.82) is 5.26 Å². The molecule has 1 saturated carbocycles. The number of anilines is 1. The van der Waals surface area contributed by atoms with Crippen molar-refractivity contribution < 1.29 is 27.5 Å². The summed E-state index contributed by atoms with van der Waals surface area (Å²) >= 11 is 0. The van der Waals surface area contributed by atoms with Crippen molar-refractivity contribution in [1.82, 2.24) is 30.1 Å². The molecule has 1 amide bonds. The predicted octanol–water partition coefficient (Wildman–Crippen LogP) is 4.57. The molecule has 0 spiro atoms. The lowest BCUT2D eigenvalue weighted by Gasteiger charge is -2.29. The summed E-state index contributed by atoms with van der Waals surface area (Å²) in [4.78, 5) is 17.6. The fourth-order valence-corrected chi connectivity index (χ4v) is 4.88. The summed E-state index contributed by atoms with van der Waals surface area (Å²) < 4.78 is 46.9. The number of aromatic nitrogens is 5. The largest absolute Gasteiger partial charge is 0.419 e. The number of alkyl halides is 3. The van der Waals surface area contributed by atoms with Gasteiger partial charge in [0.2, 0.25) is 5.89 Å². The first-order valence-electron chi connectivity index (χ1n) is 13.4. The number of amides is 1. The minimum atomic E-state index is -2.83. The Kier molecular flexibility index (Phi) is 8.13. The lowest BCUT2D eigenvalue weighted by molar-refractivity contribution is -0.00177. The third-order valence-electron chi connectivity index (χ3n) is 7.33. The standard InChI is InChI=1S/C28H29F3N8O3/c1-28(2,41)23(29)14-34-25(40)19-13-33-21(22-8-7-18-9-15(11-32)12-35-39(18)22)10-20(19)36-17-5-3-16(4-6-17)26-37-38-27(42-26)24(30)31/h7-10,12-13,16-17,23-24,41H,3-6,14H2,1-2H3,(H,33,36)(H,34,40)/t16-,17-,23-/m1/s1. The molecular formula is C28H29F3N8O3. The molecule has 0 radical (unpaired) electrons. The molecule has 0 unspecified atom stereocenters. The van der Waals surface area contributed by atoms with Crippen molar-refractivity contribution in [2.45, 2.75) is 69.7 Å². The van der Waals surface area contributed by atoms with Gasteiger partial charge in [-0.15, -0.1) is 10.2 Å². The highest BCUT2D eigenvalue weighted by Crippen LogP contribution is 2.35. The second kappa shape index (κ2) is 11.8. The van der Waals surface area contributed by atoms with Crippen LogP contribution in [0.3, 0.4) is 0 Å². The molecule has 14 heteroatoms. The van der Waals surface area contributed by atoms with Crippen molar-refractivity contribution in [2.75, 3.05) is 11.9 Å². The van der Waals surface area contributed by atoms with Crippen molar-refractivity contribution in [3.63, 3.8) is 0 Å². The second-order valence-corrected chi connectivity index (χ2v) is 10.8. The van der Waals surface area contributed by atoms with Gasteiger partial charge >= 0.3 is 6.43 Å². The molecule has 42 heavy (non-hydrogen) atoms. The maximum Gasteiger partial charge on any atom is 0.314 e. The van der Waals surface area contributed by atoms with E-state index in [1.54, 1.807) is 28.8 Å². The molecule has 4 aromatic rings. The van der Waals surface area contributed by atoms with Crippen molar-refractivity contribution in [2.24, 2.45) is 0 Å². The molecule has 0 aliphatic heterocycles. The maximum absolute atomic E-state index is 14.3. The Morgan fingerprint density at radius 2 is 1.95 bits per heavy atom. The highest BCUT2D eigenvalue weighted by atomic mass is 19.3. The molecule has 1 aliphatic rings. The SMILES string of the molecule is CC(C)(O)[C@H](F)CNC(=O)c1cnc(-c2ccc3cc(C#N)cnn23)cc1N[C@H]1CC[C@H](c2nnc(C(F)F)o2)CC1. The predicted molar refractivity (Wildman–Crippen MR) is 145 cm³/mol. The number of nitrogens with one attached hydrogen (secondary N) is 2. The number of nitrogens with zero attached hydrogens (tertiary/aromatic N) is 6. The quantitative estimate of drug-likeness (QED) is 0.258. The van der Waals surface area contributed by atoms with E-state index >= 15 is 0 Å². The van der Waals surface area contributed by atoms with Gasteiger partial charge in [0.1, 0.15) is 12.2 Å². The molecule has 0 aromatic carbocycles. The Balaban J connectivity index is 1.38. The number of halogens is 3. The van der Waals surface area contributed by atoms with Gasteiger partial charge in [-0.05, 0) is 63.8 Å². The number of hydrogen-bond acceptors (Lipinski definition) is 9. The lowest BCUT2D eigenvalue weighted by atomic mass is 9.85. The van der Waals surface area contributed by atoms with Crippen LogP contribution in [0.2, 0.25) is 0 Å². The van der Waals surface area contributed by atoms with E-state index in [9.17, 15) is 28.3 Å². The molecule has 4 aromatic heterocycles. The topological polar surface area (TPSA) is 154 Å². The van der Waals surface area contributed by atoms with Crippen LogP contribution in [-0.4, -0.2) is 60.2 Å². The zero-order valence-electron chi connectivity index (χ0n) is 22.9. The summed E-state index contributed by atoms with van der Waals surface area (Å²) in [6.07, 6.45) is 0.792. The minimum Gasteiger partial charge on any atom is -0.419 e. The van der Waals surface area contributed by atoms with E-state index < -0.39 is 36.5 Å². The smallest absolute Gasteiger partial charge is 0.314 e. The number of rotatable bonds is 9. The summed E-state index contributed by atoms with van der Waals surface area (Å²) in [6.45, 7) is 2.25. The fraction of sp³-hybridized carbons (Fsp3) is 0.429. The Labute approximate surface area is 238 Å². The summed E-state index contributed by atoms with van der Waals surface area (Å²) in [7, 11) is 0. The third kappa shape index (κ3) is 6.20. The fourth-order valence-electron chi connectivity index (χ4n) is 4.88. The van der Waals surface area contributed by atoms with Gasteiger partial charge in [-0.25, -0.2) is 8.91 Å². The zero-order chi connectivity index (χ0) is 30.0. The molecule has 11 nitrogen and oxygen atoms in total. The van der Waals surface area contributed by atoms with Gasteiger partial charge in [0.05, 0.1) is 52.1 Å². The van der Waals surface area contributed by atoms with E-state index in [4.69, 9.17) is 4.42 Å². The summed E-state index contributed by atoms with van der Waals surface area (Å²) in [5.74, 6) is -1.23. The molecule has 1 fully saturated rings. The van der Waals surface area contributed by atoms with E-state index in [-0.39, 0.29) is 23.4 Å². The van der Waals surface area contributed by atoms with E-state index in [0.29, 0.717) is 53.8 Å². The summed E-state index contributed by atoms with van der Waals surface area (Å²) in [5.41, 5.74) is 1.25. The van der Waals surface area contributed by atoms with Gasteiger partial charge in [0.15, 0.2) is 0 Å². The summed E-state index contributed by atoms with van der Waals surface area (Å²) in [5, 5.41) is 36.6.